The molecule has 3 unspecified atom stereocenters. The van der Waals surface area contributed by atoms with Gasteiger partial charge in [0, 0.05) is 6.42 Å². The van der Waals surface area contributed by atoms with Crippen molar-refractivity contribution in [1.82, 2.24) is 0 Å². The van der Waals surface area contributed by atoms with Crippen molar-refractivity contribution in [3.8, 4) is 0 Å². The minimum absolute atomic E-state index is 0.0429. The van der Waals surface area contributed by atoms with Gasteiger partial charge in [-0.3, -0.25) is 9.59 Å². The van der Waals surface area contributed by atoms with Gasteiger partial charge in [-0.15, -0.1) is 0 Å². The molecule has 8 heteroatoms. The molecule has 1 saturated heterocycles. The van der Waals surface area contributed by atoms with Gasteiger partial charge in [-0.05, 0) is 32.6 Å². The number of carbonyl (C=O) groups is 2. The Morgan fingerprint density at radius 3 is 2.19 bits per heavy atom. The number of ether oxygens (including phenoxy) is 2. The Kier molecular flexibility index (Phi) is 11.9. The first-order valence-corrected chi connectivity index (χ1v) is 12.1. The zero-order chi connectivity index (χ0) is 24.5. The van der Waals surface area contributed by atoms with Crippen molar-refractivity contribution < 1.29 is 39.5 Å². The van der Waals surface area contributed by atoms with Crippen molar-refractivity contribution in [1.29, 1.82) is 0 Å². The van der Waals surface area contributed by atoms with Crippen LogP contribution in [-0.2, 0) is 19.1 Å². The van der Waals surface area contributed by atoms with Crippen LogP contribution in [0.5, 0.6) is 0 Å². The van der Waals surface area contributed by atoms with E-state index in [9.17, 15) is 30.0 Å². The second kappa shape index (κ2) is 13.1. The van der Waals surface area contributed by atoms with Gasteiger partial charge in [-0.25, -0.2) is 0 Å². The van der Waals surface area contributed by atoms with E-state index < -0.39 is 47.4 Å². The molecule has 0 spiro atoms. The van der Waals surface area contributed by atoms with Crippen molar-refractivity contribution >= 4 is 11.6 Å². The van der Waals surface area contributed by atoms with Crippen LogP contribution < -0.4 is 0 Å². The van der Waals surface area contributed by atoms with E-state index in [0.29, 0.717) is 12.8 Å². The summed E-state index contributed by atoms with van der Waals surface area (Å²) in [5.74, 6) is -3.48. The summed E-state index contributed by atoms with van der Waals surface area (Å²) in [5, 5.41) is 42.5. The first-order chi connectivity index (χ1) is 15.0. The second-order valence-electron chi connectivity index (χ2n) is 9.30. The van der Waals surface area contributed by atoms with Crippen LogP contribution in [0, 0.1) is 5.92 Å². The van der Waals surface area contributed by atoms with Crippen LogP contribution in [0.3, 0.4) is 0 Å². The monoisotopic (exact) mass is 460 g/mol. The zero-order valence-corrected chi connectivity index (χ0v) is 20.4. The SMILES string of the molecule is CCCCCCCCOC1(CCC(C)CC)O[C@H](C(=O)C(C)O)[C@@H](O)[C@H](O)[C@]1(O)C(C)=O. The Balaban J connectivity index is 3.23. The van der Waals surface area contributed by atoms with Gasteiger partial charge in [0.05, 0.1) is 6.61 Å². The highest BCUT2D eigenvalue weighted by molar-refractivity contribution is 5.90. The quantitative estimate of drug-likeness (QED) is 0.274. The maximum absolute atomic E-state index is 12.6. The van der Waals surface area contributed by atoms with Crippen molar-refractivity contribution in [2.45, 2.75) is 128 Å². The minimum Gasteiger partial charge on any atom is -0.387 e. The molecule has 0 aliphatic carbocycles. The van der Waals surface area contributed by atoms with E-state index in [4.69, 9.17) is 9.47 Å². The molecule has 188 valence electrons. The van der Waals surface area contributed by atoms with Gasteiger partial charge in [-0.2, -0.15) is 0 Å². The third kappa shape index (κ3) is 6.58. The van der Waals surface area contributed by atoms with E-state index in [-0.39, 0.29) is 18.9 Å². The summed E-state index contributed by atoms with van der Waals surface area (Å²) >= 11 is 0. The van der Waals surface area contributed by atoms with E-state index >= 15 is 0 Å². The molecule has 8 nitrogen and oxygen atoms in total. The Morgan fingerprint density at radius 2 is 1.66 bits per heavy atom. The number of aliphatic hydroxyl groups is 4. The van der Waals surface area contributed by atoms with Crippen molar-refractivity contribution in [3.63, 3.8) is 0 Å². The molecule has 0 saturated carbocycles. The highest BCUT2D eigenvalue weighted by Crippen LogP contribution is 2.44. The summed E-state index contributed by atoms with van der Waals surface area (Å²) in [6, 6.07) is 0. The predicted octanol–water partition coefficient (Wildman–Crippen LogP) is 2.28. The Hall–Kier alpha value is -0.900. The van der Waals surface area contributed by atoms with Gasteiger partial charge >= 0.3 is 0 Å². The minimum atomic E-state index is -2.56. The van der Waals surface area contributed by atoms with Crippen LogP contribution in [0.2, 0.25) is 0 Å². The smallest absolute Gasteiger partial charge is 0.208 e. The van der Waals surface area contributed by atoms with Crippen LogP contribution in [0.4, 0.5) is 0 Å². The molecule has 4 N–H and O–H groups in total. The van der Waals surface area contributed by atoms with Crippen molar-refractivity contribution in [2.24, 2.45) is 5.92 Å². The molecular formula is C24H44O8. The molecule has 0 aromatic carbocycles. The van der Waals surface area contributed by atoms with Gasteiger partial charge < -0.3 is 29.9 Å². The fourth-order valence-electron chi connectivity index (χ4n) is 4.17. The number of Topliss-reactive ketones (excluding diaryl/α,β-unsaturated/α-hetero) is 2. The number of unbranched alkanes of at least 4 members (excludes halogenated alkanes) is 5. The number of carbonyl (C=O) groups excluding carboxylic acids is 2. The Labute approximate surface area is 192 Å². The molecule has 0 aromatic rings. The lowest BCUT2D eigenvalue weighted by Crippen LogP contribution is -2.77. The summed E-state index contributed by atoms with van der Waals surface area (Å²) in [7, 11) is 0. The number of rotatable bonds is 15. The maximum Gasteiger partial charge on any atom is 0.208 e. The fourth-order valence-corrected chi connectivity index (χ4v) is 4.17. The average molecular weight is 461 g/mol. The molecule has 0 bridgehead atoms. The van der Waals surface area contributed by atoms with E-state index in [2.05, 4.69) is 6.92 Å². The molecule has 7 atom stereocenters. The van der Waals surface area contributed by atoms with E-state index in [1.165, 1.54) is 6.92 Å². The van der Waals surface area contributed by atoms with E-state index in [1.54, 1.807) is 0 Å². The third-order valence-corrected chi connectivity index (χ3v) is 6.68. The molecule has 1 rings (SSSR count). The standard InChI is InChI=1S/C24H44O8/c1-6-8-9-10-11-12-15-31-23(14-13-16(3)7-2)24(30,18(5)26)22(29)20(28)21(32-23)19(27)17(4)25/h16-17,20-22,25,28-30H,6-15H2,1-5H3/t16?,17?,20-,21-,22+,23?,24-/m1/s1. The van der Waals surface area contributed by atoms with Crippen molar-refractivity contribution in [2.75, 3.05) is 6.61 Å². The van der Waals surface area contributed by atoms with Gasteiger partial charge in [0.2, 0.25) is 11.4 Å². The largest absolute Gasteiger partial charge is 0.387 e. The second-order valence-corrected chi connectivity index (χ2v) is 9.30. The number of ketones is 2. The van der Waals surface area contributed by atoms with Gasteiger partial charge in [0.15, 0.2) is 17.7 Å². The van der Waals surface area contributed by atoms with Gasteiger partial charge in [-0.1, -0.05) is 59.3 Å². The average Bonchev–Trinajstić information content (AvgIpc) is 2.76. The molecule has 0 amide bonds. The number of aliphatic hydroxyl groups excluding tert-OH is 3. The lowest BCUT2D eigenvalue weighted by atomic mass is 9.73. The van der Waals surface area contributed by atoms with E-state index in [0.717, 1.165) is 45.4 Å². The third-order valence-electron chi connectivity index (χ3n) is 6.68. The molecule has 0 radical (unpaired) electrons. The Morgan fingerprint density at radius 1 is 1.06 bits per heavy atom. The molecule has 1 aliphatic rings. The highest BCUT2D eigenvalue weighted by Gasteiger charge is 2.68. The van der Waals surface area contributed by atoms with Crippen molar-refractivity contribution in [3.05, 3.63) is 0 Å². The summed E-state index contributed by atoms with van der Waals surface area (Å²) in [6.07, 6.45) is 0.355. The van der Waals surface area contributed by atoms with Gasteiger partial charge in [0.25, 0.3) is 0 Å². The predicted molar refractivity (Wildman–Crippen MR) is 120 cm³/mol. The molecule has 0 aromatic heterocycles. The zero-order valence-electron chi connectivity index (χ0n) is 20.4. The normalized spacial score (nSPS) is 32.5. The summed E-state index contributed by atoms with van der Waals surface area (Å²) in [5.41, 5.74) is -2.56. The molecular weight excluding hydrogens is 416 g/mol. The molecule has 1 aliphatic heterocycles. The number of hydrogen-bond acceptors (Lipinski definition) is 8. The Bertz CT molecular complexity index is 595. The van der Waals surface area contributed by atoms with Gasteiger partial charge in [0.1, 0.15) is 18.3 Å². The first kappa shape index (κ1) is 29.1. The van der Waals surface area contributed by atoms with Crippen LogP contribution >= 0.6 is 0 Å². The first-order valence-electron chi connectivity index (χ1n) is 12.1. The molecule has 1 fully saturated rings. The fraction of sp³-hybridized carbons (Fsp3) is 0.917. The lowest BCUT2D eigenvalue weighted by molar-refractivity contribution is -0.383. The highest BCUT2D eigenvalue weighted by atomic mass is 16.7. The molecule has 32 heavy (non-hydrogen) atoms. The lowest BCUT2D eigenvalue weighted by Gasteiger charge is -2.54. The topological polar surface area (TPSA) is 134 Å². The van der Waals surface area contributed by atoms with Crippen LogP contribution in [0.15, 0.2) is 0 Å². The summed E-state index contributed by atoms with van der Waals surface area (Å²) < 4.78 is 11.9. The maximum atomic E-state index is 12.6. The van der Waals surface area contributed by atoms with Crippen LogP contribution in [0.25, 0.3) is 0 Å². The number of hydrogen-bond donors (Lipinski definition) is 4. The summed E-state index contributed by atoms with van der Waals surface area (Å²) in [4.78, 5) is 25.1. The summed E-state index contributed by atoms with van der Waals surface area (Å²) in [6.45, 7) is 8.63. The van der Waals surface area contributed by atoms with E-state index in [1.807, 2.05) is 13.8 Å². The van der Waals surface area contributed by atoms with Crippen LogP contribution in [-0.4, -0.2) is 74.4 Å². The molecule has 1 heterocycles. The van der Waals surface area contributed by atoms with Crippen LogP contribution in [0.1, 0.15) is 92.4 Å².